The quantitative estimate of drug-likeness (QED) is 0.500. The van der Waals surface area contributed by atoms with E-state index >= 15 is 0 Å². The lowest BCUT2D eigenvalue weighted by atomic mass is 10.0. The summed E-state index contributed by atoms with van der Waals surface area (Å²) in [5, 5.41) is 7.25. The summed E-state index contributed by atoms with van der Waals surface area (Å²) in [6.45, 7) is 5.40. The molecule has 0 saturated heterocycles. The third-order valence-corrected chi connectivity index (χ3v) is 4.76. The maximum absolute atomic E-state index is 13.2. The molecule has 0 fully saturated rings. The van der Waals surface area contributed by atoms with Crippen LogP contribution in [0.3, 0.4) is 0 Å². The monoisotopic (exact) mass is 405 g/mol. The van der Waals surface area contributed by atoms with Gasteiger partial charge in [-0.3, -0.25) is 4.79 Å². The predicted molar refractivity (Wildman–Crippen MR) is 109 cm³/mol. The first-order chi connectivity index (χ1) is 14.4. The SMILES string of the molecule is COC(=O)c1ccccc1NC(=O)c1cc(-c2cc(C)oc2C)nc2onc(C)c12. The molecule has 3 heterocycles. The minimum absolute atomic E-state index is 0.245. The van der Waals surface area contributed by atoms with Crippen LogP contribution < -0.4 is 5.32 Å². The number of pyridine rings is 1. The Morgan fingerprint density at radius 1 is 1.07 bits per heavy atom. The molecule has 0 atom stereocenters. The van der Waals surface area contributed by atoms with E-state index in [0.717, 1.165) is 11.3 Å². The molecule has 152 valence electrons. The molecule has 4 rings (SSSR count). The molecule has 1 aromatic carbocycles. The molecule has 0 spiro atoms. The van der Waals surface area contributed by atoms with Crippen LogP contribution in [0.2, 0.25) is 0 Å². The van der Waals surface area contributed by atoms with E-state index in [1.807, 2.05) is 19.9 Å². The van der Waals surface area contributed by atoms with E-state index in [4.69, 9.17) is 13.7 Å². The zero-order valence-electron chi connectivity index (χ0n) is 16.9. The molecule has 0 aliphatic rings. The molecule has 30 heavy (non-hydrogen) atoms. The number of aromatic nitrogens is 2. The van der Waals surface area contributed by atoms with Crippen LogP contribution in [-0.4, -0.2) is 29.1 Å². The van der Waals surface area contributed by atoms with Crippen molar-refractivity contribution in [2.24, 2.45) is 0 Å². The number of esters is 1. The molecule has 0 aliphatic carbocycles. The molecule has 0 bridgehead atoms. The summed E-state index contributed by atoms with van der Waals surface area (Å²) in [6, 6.07) is 10.1. The van der Waals surface area contributed by atoms with Crippen molar-refractivity contribution in [2.75, 3.05) is 12.4 Å². The normalized spacial score (nSPS) is 10.9. The van der Waals surface area contributed by atoms with Gasteiger partial charge >= 0.3 is 5.97 Å². The molecule has 0 saturated carbocycles. The summed E-state index contributed by atoms with van der Waals surface area (Å²) in [5.74, 6) is 0.440. The number of ether oxygens (including phenoxy) is 1. The Bertz CT molecular complexity index is 1290. The van der Waals surface area contributed by atoms with Gasteiger partial charge in [0.25, 0.3) is 11.6 Å². The Hall–Kier alpha value is -3.94. The van der Waals surface area contributed by atoms with Crippen LogP contribution in [0.4, 0.5) is 5.69 Å². The maximum Gasteiger partial charge on any atom is 0.339 e. The minimum Gasteiger partial charge on any atom is -0.466 e. The van der Waals surface area contributed by atoms with E-state index < -0.39 is 11.9 Å². The number of hydrogen-bond acceptors (Lipinski definition) is 7. The summed E-state index contributed by atoms with van der Waals surface area (Å²) in [4.78, 5) is 29.8. The standard InChI is InChI=1S/C22H19N3O5/c1-11-9-15(13(3)29-11)18-10-16(19-12(2)25-30-21(19)24-18)20(26)23-17-8-6-5-7-14(17)22(27)28-4/h5-10H,1-4H3,(H,23,26). The number of hydrogen-bond donors (Lipinski definition) is 1. The van der Waals surface area contributed by atoms with Crippen molar-refractivity contribution in [3.05, 3.63) is 64.7 Å². The van der Waals surface area contributed by atoms with E-state index in [1.165, 1.54) is 7.11 Å². The third kappa shape index (κ3) is 3.32. The fourth-order valence-corrected chi connectivity index (χ4v) is 3.37. The highest BCUT2D eigenvalue weighted by Gasteiger charge is 2.22. The van der Waals surface area contributed by atoms with Crippen LogP contribution >= 0.6 is 0 Å². The van der Waals surface area contributed by atoms with Crippen molar-refractivity contribution in [3.8, 4) is 11.3 Å². The minimum atomic E-state index is -0.544. The molecule has 1 N–H and O–H groups in total. The molecule has 0 aliphatic heterocycles. The second-order valence-corrected chi connectivity index (χ2v) is 6.82. The number of benzene rings is 1. The summed E-state index contributed by atoms with van der Waals surface area (Å²) in [5.41, 5.74) is 2.98. The Morgan fingerprint density at radius 3 is 2.53 bits per heavy atom. The van der Waals surface area contributed by atoms with E-state index in [-0.39, 0.29) is 11.3 Å². The van der Waals surface area contributed by atoms with Gasteiger partial charge in [0.1, 0.15) is 11.5 Å². The lowest BCUT2D eigenvalue weighted by Crippen LogP contribution is -2.16. The third-order valence-electron chi connectivity index (χ3n) is 4.76. The molecular formula is C22H19N3O5. The van der Waals surface area contributed by atoms with Crippen molar-refractivity contribution in [1.29, 1.82) is 0 Å². The van der Waals surface area contributed by atoms with Gasteiger partial charge < -0.3 is 19.0 Å². The van der Waals surface area contributed by atoms with Crippen LogP contribution in [0.15, 0.2) is 45.3 Å². The Morgan fingerprint density at radius 2 is 1.83 bits per heavy atom. The molecule has 8 heteroatoms. The lowest BCUT2D eigenvalue weighted by Gasteiger charge is -2.11. The number of methoxy groups -OCH3 is 1. The Balaban J connectivity index is 1.82. The van der Waals surface area contributed by atoms with Gasteiger partial charge in [0.2, 0.25) is 0 Å². The van der Waals surface area contributed by atoms with E-state index in [9.17, 15) is 9.59 Å². The van der Waals surface area contributed by atoms with Crippen LogP contribution in [0.5, 0.6) is 0 Å². The molecular weight excluding hydrogens is 386 g/mol. The van der Waals surface area contributed by atoms with E-state index in [1.54, 1.807) is 37.3 Å². The number of nitrogens with zero attached hydrogens (tertiary/aromatic N) is 2. The molecule has 0 unspecified atom stereocenters. The number of rotatable bonds is 4. The highest BCUT2D eigenvalue weighted by molar-refractivity contribution is 6.14. The van der Waals surface area contributed by atoms with Crippen LogP contribution in [0, 0.1) is 20.8 Å². The van der Waals surface area contributed by atoms with Gasteiger partial charge in [-0.25, -0.2) is 9.78 Å². The van der Waals surface area contributed by atoms with Gasteiger partial charge in [0, 0.05) is 5.56 Å². The molecule has 1 amide bonds. The first-order valence-electron chi connectivity index (χ1n) is 9.22. The number of para-hydroxylation sites is 1. The van der Waals surface area contributed by atoms with Gasteiger partial charge in [0.05, 0.1) is 40.7 Å². The molecule has 0 radical (unpaired) electrons. The average Bonchev–Trinajstić information content (AvgIpc) is 3.28. The number of anilines is 1. The summed E-state index contributed by atoms with van der Waals surface area (Å²) >= 11 is 0. The largest absolute Gasteiger partial charge is 0.466 e. The van der Waals surface area contributed by atoms with Crippen molar-refractivity contribution in [2.45, 2.75) is 20.8 Å². The van der Waals surface area contributed by atoms with Gasteiger partial charge in [-0.15, -0.1) is 0 Å². The fourth-order valence-electron chi connectivity index (χ4n) is 3.37. The molecule has 8 nitrogen and oxygen atoms in total. The zero-order chi connectivity index (χ0) is 21.4. The lowest BCUT2D eigenvalue weighted by molar-refractivity contribution is 0.0602. The van der Waals surface area contributed by atoms with Crippen molar-refractivity contribution >= 4 is 28.7 Å². The van der Waals surface area contributed by atoms with Crippen LogP contribution in [-0.2, 0) is 4.74 Å². The topological polar surface area (TPSA) is 107 Å². The average molecular weight is 405 g/mol. The van der Waals surface area contributed by atoms with E-state index in [0.29, 0.717) is 33.8 Å². The van der Waals surface area contributed by atoms with Gasteiger partial charge in [-0.1, -0.05) is 17.3 Å². The number of amides is 1. The summed E-state index contributed by atoms with van der Waals surface area (Å²) in [7, 11) is 1.29. The number of carbonyl (C=O) groups is 2. The van der Waals surface area contributed by atoms with Crippen molar-refractivity contribution < 1.29 is 23.3 Å². The van der Waals surface area contributed by atoms with Gasteiger partial charge in [0.15, 0.2) is 0 Å². The van der Waals surface area contributed by atoms with Crippen LogP contribution in [0.25, 0.3) is 22.4 Å². The number of nitrogens with one attached hydrogen (secondary N) is 1. The number of carbonyl (C=O) groups excluding carboxylic acids is 2. The fraction of sp³-hybridized carbons (Fsp3) is 0.182. The first kappa shape index (κ1) is 19.4. The van der Waals surface area contributed by atoms with Crippen molar-refractivity contribution in [3.63, 3.8) is 0 Å². The molecule has 4 aromatic rings. The summed E-state index contributed by atoms with van der Waals surface area (Å²) in [6.07, 6.45) is 0. The zero-order valence-corrected chi connectivity index (χ0v) is 16.9. The first-order valence-corrected chi connectivity index (χ1v) is 9.22. The highest BCUT2D eigenvalue weighted by atomic mass is 16.5. The summed E-state index contributed by atoms with van der Waals surface area (Å²) < 4.78 is 15.7. The maximum atomic E-state index is 13.2. The number of aryl methyl sites for hydroxylation is 3. The van der Waals surface area contributed by atoms with Crippen molar-refractivity contribution in [1.82, 2.24) is 10.1 Å². The highest BCUT2D eigenvalue weighted by Crippen LogP contribution is 2.31. The van der Waals surface area contributed by atoms with Crippen LogP contribution in [0.1, 0.15) is 37.9 Å². The second-order valence-electron chi connectivity index (χ2n) is 6.82. The second kappa shape index (κ2) is 7.47. The number of furan rings is 1. The smallest absolute Gasteiger partial charge is 0.339 e. The van der Waals surface area contributed by atoms with Gasteiger partial charge in [-0.2, -0.15) is 0 Å². The number of fused-ring (bicyclic) bond motifs is 1. The van der Waals surface area contributed by atoms with E-state index in [2.05, 4.69) is 15.5 Å². The molecule has 3 aromatic heterocycles. The predicted octanol–water partition coefficient (Wildman–Crippen LogP) is 4.45. The van der Waals surface area contributed by atoms with Gasteiger partial charge in [-0.05, 0) is 45.0 Å². The Kier molecular flexibility index (Phi) is 4.83. The Labute approximate surface area is 171 Å².